The fourth-order valence-corrected chi connectivity index (χ4v) is 2.59. The molecule has 0 saturated heterocycles. The molecule has 0 saturated carbocycles. The summed E-state index contributed by atoms with van der Waals surface area (Å²) >= 11 is 6.22. The van der Waals surface area contributed by atoms with Gasteiger partial charge in [0.25, 0.3) is 0 Å². The third-order valence-corrected chi connectivity index (χ3v) is 3.80. The van der Waals surface area contributed by atoms with E-state index in [0.717, 1.165) is 27.6 Å². The molecule has 1 N–H and O–H groups in total. The SMILES string of the molecule is COc1cccc(CN[C@@H](C)c2ccccc2Cl)c1OC. The lowest BCUT2D eigenvalue weighted by atomic mass is 10.1. The average molecular weight is 306 g/mol. The molecule has 0 amide bonds. The van der Waals surface area contributed by atoms with Crippen molar-refractivity contribution in [3.63, 3.8) is 0 Å². The summed E-state index contributed by atoms with van der Waals surface area (Å²) in [4.78, 5) is 0. The molecule has 0 unspecified atom stereocenters. The van der Waals surface area contributed by atoms with Crippen LogP contribution in [0.4, 0.5) is 0 Å². The van der Waals surface area contributed by atoms with Crippen molar-refractivity contribution in [2.24, 2.45) is 0 Å². The predicted molar refractivity (Wildman–Crippen MR) is 86.3 cm³/mol. The highest BCUT2D eigenvalue weighted by molar-refractivity contribution is 6.31. The Morgan fingerprint density at radius 1 is 1.05 bits per heavy atom. The van der Waals surface area contributed by atoms with Gasteiger partial charge >= 0.3 is 0 Å². The van der Waals surface area contributed by atoms with Gasteiger partial charge in [-0.1, -0.05) is 41.9 Å². The van der Waals surface area contributed by atoms with Crippen LogP contribution in [0.15, 0.2) is 42.5 Å². The Balaban J connectivity index is 2.11. The Morgan fingerprint density at radius 2 is 1.81 bits per heavy atom. The van der Waals surface area contributed by atoms with Crippen molar-refractivity contribution in [2.75, 3.05) is 14.2 Å². The van der Waals surface area contributed by atoms with E-state index >= 15 is 0 Å². The first-order chi connectivity index (χ1) is 10.2. The van der Waals surface area contributed by atoms with Gasteiger partial charge in [0.2, 0.25) is 0 Å². The molecule has 2 rings (SSSR count). The van der Waals surface area contributed by atoms with Gasteiger partial charge in [0.1, 0.15) is 0 Å². The minimum absolute atomic E-state index is 0.148. The minimum Gasteiger partial charge on any atom is -0.493 e. The molecule has 3 nitrogen and oxygen atoms in total. The van der Waals surface area contributed by atoms with Crippen LogP contribution in [0.5, 0.6) is 11.5 Å². The number of para-hydroxylation sites is 1. The van der Waals surface area contributed by atoms with Crippen LogP contribution in [0, 0.1) is 0 Å². The first-order valence-electron chi connectivity index (χ1n) is 6.85. The number of hydrogen-bond donors (Lipinski definition) is 1. The second kappa shape index (κ2) is 7.34. The molecule has 0 bridgehead atoms. The first kappa shape index (κ1) is 15.7. The van der Waals surface area contributed by atoms with Crippen LogP contribution in [0.25, 0.3) is 0 Å². The Kier molecular flexibility index (Phi) is 5.48. The van der Waals surface area contributed by atoms with E-state index in [1.165, 1.54) is 0 Å². The number of hydrogen-bond acceptors (Lipinski definition) is 3. The summed E-state index contributed by atoms with van der Waals surface area (Å²) in [6.07, 6.45) is 0. The molecule has 0 aromatic heterocycles. The molecule has 0 aliphatic heterocycles. The zero-order valence-electron chi connectivity index (χ0n) is 12.5. The van der Waals surface area contributed by atoms with E-state index in [4.69, 9.17) is 21.1 Å². The Bertz CT molecular complexity index is 601. The molecular formula is C17H20ClNO2. The van der Waals surface area contributed by atoms with Crippen molar-refractivity contribution >= 4 is 11.6 Å². The normalized spacial score (nSPS) is 12.0. The van der Waals surface area contributed by atoms with Crippen molar-refractivity contribution < 1.29 is 9.47 Å². The quantitative estimate of drug-likeness (QED) is 0.867. The molecule has 2 aromatic carbocycles. The molecule has 1 atom stereocenters. The van der Waals surface area contributed by atoms with Crippen LogP contribution in [-0.2, 0) is 6.54 Å². The third-order valence-electron chi connectivity index (χ3n) is 3.45. The van der Waals surface area contributed by atoms with Crippen molar-refractivity contribution in [1.82, 2.24) is 5.32 Å². The lowest BCUT2D eigenvalue weighted by Gasteiger charge is -2.18. The van der Waals surface area contributed by atoms with Gasteiger partial charge in [-0.15, -0.1) is 0 Å². The minimum atomic E-state index is 0.148. The Hall–Kier alpha value is -1.71. The van der Waals surface area contributed by atoms with Crippen LogP contribution >= 0.6 is 11.6 Å². The fourth-order valence-electron chi connectivity index (χ4n) is 2.29. The van der Waals surface area contributed by atoms with Gasteiger partial charge in [-0.3, -0.25) is 0 Å². The average Bonchev–Trinajstić information content (AvgIpc) is 2.52. The molecule has 0 radical (unpaired) electrons. The van der Waals surface area contributed by atoms with E-state index in [1.54, 1.807) is 14.2 Å². The summed E-state index contributed by atoms with van der Waals surface area (Å²) in [6.45, 7) is 2.76. The van der Waals surface area contributed by atoms with Crippen molar-refractivity contribution in [1.29, 1.82) is 0 Å². The number of rotatable bonds is 6. The molecule has 21 heavy (non-hydrogen) atoms. The Morgan fingerprint density at radius 3 is 2.48 bits per heavy atom. The summed E-state index contributed by atoms with van der Waals surface area (Å²) in [6, 6.07) is 13.9. The van der Waals surface area contributed by atoms with Gasteiger partial charge in [-0.25, -0.2) is 0 Å². The van der Waals surface area contributed by atoms with Crippen LogP contribution in [-0.4, -0.2) is 14.2 Å². The van der Waals surface area contributed by atoms with Crippen molar-refractivity contribution in [3.8, 4) is 11.5 Å². The Labute approximate surface area is 130 Å². The van der Waals surface area contributed by atoms with E-state index in [2.05, 4.69) is 12.2 Å². The first-order valence-corrected chi connectivity index (χ1v) is 7.22. The maximum absolute atomic E-state index is 6.22. The molecular weight excluding hydrogens is 286 g/mol. The summed E-state index contributed by atoms with van der Waals surface area (Å²) < 4.78 is 10.8. The summed E-state index contributed by atoms with van der Waals surface area (Å²) in [5.74, 6) is 1.50. The molecule has 0 aliphatic rings. The van der Waals surface area contributed by atoms with Crippen LogP contribution in [0.1, 0.15) is 24.1 Å². The summed E-state index contributed by atoms with van der Waals surface area (Å²) in [5, 5.41) is 4.24. The van der Waals surface area contributed by atoms with Crippen LogP contribution in [0.3, 0.4) is 0 Å². The van der Waals surface area contributed by atoms with Gasteiger partial charge in [0.05, 0.1) is 14.2 Å². The zero-order valence-corrected chi connectivity index (χ0v) is 13.3. The van der Waals surface area contributed by atoms with E-state index in [0.29, 0.717) is 6.54 Å². The highest BCUT2D eigenvalue weighted by atomic mass is 35.5. The summed E-state index contributed by atoms with van der Waals surface area (Å²) in [5.41, 5.74) is 2.14. The van der Waals surface area contributed by atoms with Gasteiger partial charge in [-0.2, -0.15) is 0 Å². The monoisotopic (exact) mass is 305 g/mol. The van der Waals surface area contributed by atoms with E-state index in [1.807, 2.05) is 42.5 Å². The maximum Gasteiger partial charge on any atom is 0.165 e. The molecule has 0 fully saturated rings. The number of halogens is 1. The molecule has 0 heterocycles. The fraction of sp³-hybridized carbons (Fsp3) is 0.294. The second-order valence-electron chi connectivity index (χ2n) is 4.78. The second-order valence-corrected chi connectivity index (χ2v) is 5.18. The number of ether oxygens (including phenoxy) is 2. The lowest BCUT2D eigenvalue weighted by molar-refractivity contribution is 0.350. The van der Waals surface area contributed by atoms with Gasteiger partial charge in [0, 0.05) is 23.2 Å². The largest absolute Gasteiger partial charge is 0.493 e. The maximum atomic E-state index is 6.22. The topological polar surface area (TPSA) is 30.5 Å². The molecule has 4 heteroatoms. The molecule has 0 spiro atoms. The molecule has 112 valence electrons. The summed E-state index contributed by atoms with van der Waals surface area (Å²) in [7, 11) is 3.29. The van der Waals surface area contributed by atoms with Crippen LogP contribution in [0.2, 0.25) is 5.02 Å². The van der Waals surface area contributed by atoms with Crippen LogP contribution < -0.4 is 14.8 Å². The van der Waals surface area contributed by atoms with Crippen molar-refractivity contribution in [3.05, 3.63) is 58.6 Å². The standard InChI is InChI=1S/C17H20ClNO2/c1-12(14-8-4-5-9-15(14)18)19-11-13-7-6-10-16(20-2)17(13)21-3/h4-10,12,19H,11H2,1-3H3/t12-/m0/s1. The van der Waals surface area contributed by atoms with E-state index < -0.39 is 0 Å². The number of benzene rings is 2. The number of methoxy groups -OCH3 is 2. The smallest absolute Gasteiger partial charge is 0.165 e. The predicted octanol–water partition coefficient (Wildman–Crippen LogP) is 4.21. The number of nitrogens with one attached hydrogen (secondary N) is 1. The zero-order chi connectivity index (χ0) is 15.2. The lowest BCUT2D eigenvalue weighted by Crippen LogP contribution is -2.19. The highest BCUT2D eigenvalue weighted by Gasteiger charge is 2.12. The highest BCUT2D eigenvalue weighted by Crippen LogP contribution is 2.31. The van der Waals surface area contributed by atoms with Gasteiger partial charge in [0.15, 0.2) is 11.5 Å². The van der Waals surface area contributed by atoms with Gasteiger partial charge in [-0.05, 0) is 24.6 Å². The van der Waals surface area contributed by atoms with E-state index in [-0.39, 0.29) is 6.04 Å². The van der Waals surface area contributed by atoms with E-state index in [9.17, 15) is 0 Å². The third kappa shape index (κ3) is 3.69. The molecule has 2 aromatic rings. The van der Waals surface area contributed by atoms with Gasteiger partial charge < -0.3 is 14.8 Å². The van der Waals surface area contributed by atoms with Crippen molar-refractivity contribution in [2.45, 2.75) is 19.5 Å². The molecule has 0 aliphatic carbocycles.